The minimum Gasteiger partial charge on any atom is -0.397 e. The number of halogens is 1. The first-order valence-electron chi connectivity index (χ1n) is 4.86. The van der Waals surface area contributed by atoms with Crippen LogP contribution in [-0.2, 0) is 0 Å². The third kappa shape index (κ3) is 2.41. The zero-order chi connectivity index (χ0) is 12.4. The molecule has 17 heavy (non-hydrogen) atoms. The molecule has 88 valence electrons. The van der Waals surface area contributed by atoms with Crippen LogP contribution in [0.3, 0.4) is 0 Å². The molecule has 0 aliphatic carbocycles. The average molecular weight is 235 g/mol. The maximum atomic E-state index is 12.8. The number of benzene rings is 1. The van der Waals surface area contributed by atoms with E-state index in [1.165, 1.54) is 18.2 Å². The zero-order valence-corrected chi connectivity index (χ0v) is 9.03. The molecular formula is C11H10FN3O2. The molecule has 0 atom stereocenters. The lowest BCUT2D eigenvalue weighted by atomic mass is 10.2. The number of rotatable bonds is 2. The number of hydrogen-bond donors (Lipinski definition) is 2. The van der Waals surface area contributed by atoms with Gasteiger partial charge in [-0.15, -0.1) is 0 Å². The van der Waals surface area contributed by atoms with E-state index in [0.29, 0.717) is 11.4 Å². The standard InChI is InChI=1S/C11H10FN3O2/c1-6-4-10(15-17-6)11(16)14-9-3-2-7(12)5-8(9)13/h2-5H,13H2,1H3,(H,14,16). The number of hydrogen-bond acceptors (Lipinski definition) is 4. The van der Waals surface area contributed by atoms with E-state index in [0.717, 1.165) is 6.07 Å². The summed E-state index contributed by atoms with van der Waals surface area (Å²) in [5.74, 6) is -0.389. The first-order valence-corrected chi connectivity index (χ1v) is 4.86. The van der Waals surface area contributed by atoms with Crippen LogP contribution in [0.25, 0.3) is 0 Å². The van der Waals surface area contributed by atoms with Gasteiger partial charge in [-0.1, -0.05) is 5.16 Å². The number of anilines is 2. The van der Waals surface area contributed by atoms with Crippen LogP contribution < -0.4 is 11.1 Å². The molecule has 0 saturated carbocycles. The van der Waals surface area contributed by atoms with E-state index < -0.39 is 11.7 Å². The molecule has 2 rings (SSSR count). The highest BCUT2D eigenvalue weighted by Gasteiger charge is 2.12. The number of aromatic nitrogens is 1. The van der Waals surface area contributed by atoms with E-state index in [9.17, 15) is 9.18 Å². The van der Waals surface area contributed by atoms with E-state index >= 15 is 0 Å². The molecule has 1 aromatic heterocycles. The third-order valence-corrected chi connectivity index (χ3v) is 2.12. The lowest BCUT2D eigenvalue weighted by Crippen LogP contribution is -2.13. The lowest BCUT2D eigenvalue weighted by molar-refractivity contribution is 0.101. The van der Waals surface area contributed by atoms with Crippen molar-refractivity contribution in [2.45, 2.75) is 6.92 Å². The highest BCUT2D eigenvalue weighted by Crippen LogP contribution is 2.19. The Balaban J connectivity index is 2.18. The number of nitrogens with one attached hydrogen (secondary N) is 1. The molecule has 1 aromatic carbocycles. The number of aryl methyl sites for hydroxylation is 1. The predicted octanol–water partition coefficient (Wildman–Crippen LogP) is 1.96. The summed E-state index contributed by atoms with van der Waals surface area (Å²) < 4.78 is 17.6. The van der Waals surface area contributed by atoms with Crippen LogP contribution >= 0.6 is 0 Å². The van der Waals surface area contributed by atoms with Crippen LogP contribution in [0.2, 0.25) is 0 Å². The second-order valence-corrected chi connectivity index (χ2v) is 3.51. The Hall–Kier alpha value is -2.37. The van der Waals surface area contributed by atoms with Crippen molar-refractivity contribution in [2.24, 2.45) is 0 Å². The number of carbonyl (C=O) groups excluding carboxylic acids is 1. The largest absolute Gasteiger partial charge is 0.397 e. The molecule has 0 fully saturated rings. The van der Waals surface area contributed by atoms with Crippen molar-refractivity contribution < 1.29 is 13.7 Å². The van der Waals surface area contributed by atoms with Gasteiger partial charge in [0.2, 0.25) is 0 Å². The summed E-state index contributed by atoms with van der Waals surface area (Å²) in [6, 6.07) is 5.22. The topological polar surface area (TPSA) is 81.2 Å². The maximum absolute atomic E-state index is 12.8. The predicted molar refractivity (Wildman–Crippen MR) is 60.0 cm³/mol. The quantitative estimate of drug-likeness (QED) is 0.779. The van der Waals surface area contributed by atoms with E-state index in [4.69, 9.17) is 10.3 Å². The second kappa shape index (κ2) is 4.25. The zero-order valence-electron chi connectivity index (χ0n) is 9.03. The minimum absolute atomic E-state index is 0.145. The van der Waals surface area contributed by atoms with Gasteiger partial charge in [-0.25, -0.2) is 4.39 Å². The first kappa shape index (κ1) is 11.1. The summed E-state index contributed by atoms with van der Waals surface area (Å²) in [6.07, 6.45) is 0. The Bertz CT molecular complexity index is 566. The normalized spacial score (nSPS) is 10.2. The Morgan fingerprint density at radius 2 is 2.24 bits per heavy atom. The van der Waals surface area contributed by atoms with Crippen LogP contribution in [0.1, 0.15) is 16.2 Å². The van der Waals surface area contributed by atoms with Gasteiger partial charge in [0.1, 0.15) is 11.6 Å². The van der Waals surface area contributed by atoms with Gasteiger partial charge in [0, 0.05) is 6.07 Å². The van der Waals surface area contributed by atoms with E-state index in [-0.39, 0.29) is 11.4 Å². The summed E-state index contributed by atoms with van der Waals surface area (Å²) in [6.45, 7) is 1.68. The van der Waals surface area contributed by atoms with E-state index in [1.54, 1.807) is 6.92 Å². The average Bonchev–Trinajstić information content (AvgIpc) is 2.69. The number of amides is 1. The maximum Gasteiger partial charge on any atom is 0.277 e. The van der Waals surface area contributed by atoms with Gasteiger partial charge >= 0.3 is 0 Å². The molecule has 0 aliphatic rings. The third-order valence-electron chi connectivity index (χ3n) is 2.12. The van der Waals surface area contributed by atoms with E-state index in [2.05, 4.69) is 10.5 Å². The van der Waals surface area contributed by atoms with Gasteiger partial charge in [-0.2, -0.15) is 0 Å². The molecule has 0 bridgehead atoms. The first-order chi connectivity index (χ1) is 8.06. The second-order valence-electron chi connectivity index (χ2n) is 3.51. The van der Waals surface area contributed by atoms with Crippen LogP contribution in [0.4, 0.5) is 15.8 Å². The molecule has 3 N–H and O–H groups in total. The van der Waals surface area contributed by atoms with Crippen LogP contribution in [0, 0.1) is 12.7 Å². The Kier molecular flexibility index (Phi) is 2.78. The number of nitrogen functional groups attached to an aromatic ring is 1. The molecule has 6 heteroatoms. The molecule has 2 aromatic rings. The fourth-order valence-corrected chi connectivity index (χ4v) is 1.31. The van der Waals surface area contributed by atoms with Crippen molar-refractivity contribution in [3.8, 4) is 0 Å². The minimum atomic E-state index is -0.460. The molecule has 0 spiro atoms. The summed E-state index contributed by atoms with van der Waals surface area (Å²) in [7, 11) is 0. The highest BCUT2D eigenvalue weighted by atomic mass is 19.1. The van der Waals surface area contributed by atoms with Crippen molar-refractivity contribution >= 4 is 17.3 Å². The molecule has 0 unspecified atom stereocenters. The Morgan fingerprint density at radius 3 is 2.82 bits per heavy atom. The van der Waals surface area contributed by atoms with Gasteiger partial charge in [0.25, 0.3) is 5.91 Å². The molecular weight excluding hydrogens is 225 g/mol. The number of nitrogens with two attached hydrogens (primary N) is 1. The van der Waals surface area contributed by atoms with Gasteiger partial charge < -0.3 is 15.6 Å². The number of carbonyl (C=O) groups is 1. The van der Waals surface area contributed by atoms with Crippen LogP contribution in [0.15, 0.2) is 28.8 Å². The van der Waals surface area contributed by atoms with Crippen molar-refractivity contribution in [2.75, 3.05) is 11.1 Å². The summed E-state index contributed by atoms with van der Waals surface area (Å²) >= 11 is 0. The van der Waals surface area contributed by atoms with Crippen molar-refractivity contribution in [1.82, 2.24) is 5.16 Å². The lowest BCUT2D eigenvalue weighted by Gasteiger charge is -2.05. The molecule has 0 radical (unpaired) electrons. The van der Waals surface area contributed by atoms with Gasteiger partial charge in [0.05, 0.1) is 11.4 Å². The van der Waals surface area contributed by atoms with E-state index in [1.807, 2.05) is 0 Å². The van der Waals surface area contributed by atoms with Gasteiger partial charge in [-0.3, -0.25) is 4.79 Å². The smallest absolute Gasteiger partial charge is 0.277 e. The van der Waals surface area contributed by atoms with Crippen LogP contribution in [-0.4, -0.2) is 11.1 Å². The Labute approximate surface area is 96.4 Å². The van der Waals surface area contributed by atoms with Crippen molar-refractivity contribution in [3.63, 3.8) is 0 Å². The van der Waals surface area contributed by atoms with Crippen molar-refractivity contribution in [1.29, 1.82) is 0 Å². The fraction of sp³-hybridized carbons (Fsp3) is 0.0909. The number of nitrogens with zero attached hydrogens (tertiary/aromatic N) is 1. The SMILES string of the molecule is Cc1cc(C(=O)Nc2ccc(F)cc2N)no1. The summed E-state index contributed by atoms with van der Waals surface area (Å²) in [5.41, 5.74) is 6.18. The summed E-state index contributed by atoms with van der Waals surface area (Å²) in [5, 5.41) is 6.07. The van der Waals surface area contributed by atoms with Crippen molar-refractivity contribution in [3.05, 3.63) is 41.5 Å². The summed E-state index contributed by atoms with van der Waals surface area (Å²) in [4.78, 5) is 11.7. The molecule has 1 heterocycles. The monoisotopic (exact) mass is 235 g/mol. The molecule has 0 saturated heterocycles. The van der Waals surface area contributed by atoms with Gasteiger partial charge in [-0.05, 0) is 25.1 Å². The molecule has 1 amide bonds. The Morgan fingerprint density at radius 1 is 1.47 bits per heavy atom. The van der Waals surface area contributed by atoms with Crippen LogP contribution in [0.5, 0.6) is 0 Å². The van der Waals surface area contributed by atoms with Gasteiger partial charge in [0.15, 0.2) is 5.69 Å². The fourth-order valence-electron chi connectivity index (χ4n) is 1.31. The highest BCUT2D eigenvalue weighted by molar-refractivity contribution is 6.04. The molecule has 0 aliphatic heterocycles. The molecule has 5 nitrogen and oxygen atoms in total.